The van der Waals surface area contributed by atoms with Crippen molar-refractivity contribution in [2.45, 2.75) is 39.7 Å². The Hall–Kier alpha value is -1.14. The lowest BCUT2D eigenvalue weighted by Crippen LogP contribution is -2.15. The first-order chi connectivity index (χ1) is 8.93. The van der Waals surface area contributed by atoms with E-state index in [1.807, 2.05) is 27.8 Å². The number of unbranched alkanes of at least 4 members (excludes halogenated alkanes) is 1. The second-order valence-corrected chi connectivity index (χ2v) is 5.29. The first-order valence-corrected chi connectivity index (χ1v) is 7.03. The molecule has 0 aromatic carbocycles. The molecule has 108 valence electrons. The molecule has 0 aliphatic carbocycles. The van der Waals surface area contributed by atoms with Gasteiger partial charge in [-0.05, 0) is 33.6 Å². The molecule has 5 nitrogen and oxygen atoms in total. The summed E-state index contributed by atoms with van der Waals surface area (Å²) in [7, 11) is 1.89. The average molecular weight is 284 g/mol. The fourth-order valence-corrected chi connectivity index (χ4v) is 2.15. The van der Waals surface area contributed by atoms with Crippen molar-refractivity contribution in [2.75, 3.05) is 18.5 Å². The number of anilines is 1. The van der Waals surface area contributed by atoms with Gasteiger partial charge < -0.3 is 15.8 Å². The van der Waals surface area contributed by atoms with Gasteiger partial charge in [-0.3, -0.25) is 4.68 Å². The first kappa shape index (κ1) is 15.9. The molecule has 19 heavy (non-hydrogen) atoms. The zero-order chi connectivity index (χ0) is 14.4. The molecule has 0 saturated heterocycles. The smallest absolute Gasteiger partial charge is 0.134 e. The van der Waals surface area contributed by atoms with Crippen LogP contribution in [0.3, 0.4) is 0 Å². The maximum absolute atomic E-state index is 5.73. The van der Waals surface area contributed by atoms with Crippen LogP contribution >= 0.6 is 12.2 Å². The van der Waals surface area contributed by atoms with Crippen molar-refractivity contribution < 1.29 is 4.74 Å². The van der Waals surface area contributed by atoms with E-state index in [9.17, 15) is 0 Å². The molecule has 1 heterocycles. The van der Waals surface area contributed by atoms with E-state index in [1.165, 1.54) is 0 Å². The largest absolute Gasteiger partial charge is 0.389 e. The van der Waals surface area contributed by atoms with E-state index in [1.54, 1.807) is 4.68 Å². The molecule has 0 spiro atoms. The molecule has 1 aromatic heterocycles. The SMILES string of the molecule is Cc1nn(C)c(NCCCCOC(C)C)c1C(N)=S. The van der Waals surface area contributed by atoms with Crippen LogP contribution in [0.2, 0.25) is 0 Å². The van der Waals surface area contributed by atoms with Crippen LogP contribution in [0.1, 0.15) is 37.9 Å². The van der Waals surface area contributed by atoms with Gasteiger partial charge in [0.2, 0.25) is 0 Å². The molecule has 0 saturated carbocycles. The van der Waals surface area contributed by atoms with E-state index >= 15 is 0 Å². The molecule has 0 fully saturated rings. The van der Waals surface area contributed by atoms with Crippen molar-refractivity contribution in [1.82, 2.24) is 9.78 Å². The zero-order valence-corrected chi connectivity index (χ0v) is 13.0. The quantitative estimate of drug-likeness (QED) is 0.564. The minimum Gasteiger partial charge on any atom is -0.389 e. The van der Waals surface area contributed by atoms with Crippen molar-refractivity contribution in [3.8, 4) is 0 Å². The summed E-state index contributed by atoms with van der Waals surface area (Å²) >= 11 is 5.06. The van der Waals surface area contributed by atoms with Crippen LogP contribution in [-0.2, 0) is 11.8 Å². The molecule has 0 amide bonds. The molecule has 0 aliphatic rings. The summed E-state index contributed by atoms with van der Waals surface area (Å²) < 4.78 is 7.28. The lowest BCUT2D eigenvalue weighted by molar-refractivity contribution is 0.0765. The Labute approximate surface area is 120 Å². The van der Waals surface area contributed by atoms with E-state index in [0.29, 0.717) is 11.1 Å². The Kier molecular flexibility index (Phi) is 6.24. The highest BCUT2D eigenvalue weighted by molar-refractivity contribution is 7.80. The first-order valence-electron chi connectivity index (χ1n) is 6.62. The van der Waals surface area contributed by atoms with Crippen molar-refractivity contribution in [3.63, 3.8) is 0 Å². The highest BCUT2D eigenvalue weighted by Crippen LogP contribution is 2.18. The second kappa shape index (κ2) is 7.45. The molecule has 0 unspecified atom stereocenters. The number of nitrogens with one attached hydrogen (secondary N) is 1. The monoisotopic (exact) mass is 284 g/mol. The number of nitrogens with two attached hydrogens (primary N) is 1. The maximum atomic E-state index is 5.73. The summed E-state index contributed by atoms with van der Waals surface area (Å²) in [6.07, 6.45) is 2.37. The van der Waals surface area contributed by atoms with Gasteiger partial charge in [0.05, 0.1) is 17.4 Å². The van der Waals surface area contributed by atoms with Gasteiger partial charge in [0, 0.05) is 20.2 Å². The molecule has 0 bridgehead atoms. The van der Waals surface area contributed by atoms with Gasteiger partial charge in [-0.15, -0.1) is 0 Å². The van der Waals surface area contributed by atoms with Gasteiger partial charge in [0.1, 0.15) is 10.8 Å². The molecular formula is C13H24N4OS. The highest BCUT2D eigenvalue weighted by atomic mass is 32.1. The van der Waals surface area contributed by atoms with Crippen LogP contribution in [0.25, 0.3) is 0 Å². The van der Waals surface area contributed by atoms with Crippen LogP contribution in [0, 0.1) is 6.92 Å². The minimum absolute atomic E-state index is 0.300. The third-order valence-electron chi connectivity index (χ3n) is 2.78. The van der Waals surface area contributed by atoms with Gasteiger partial charge in [-0.1, -0.05) is 12.2 Å². The van der Waals surface area contributed by atoms with Gasteiger partial charge in [0.25, 0.3) is 0 Å². The van der Waals surface area contributed by atoms with Crippen LogP contribution in [0.15, 0.2) is 0 Å². The molecule has 6 heteroatoms. The number of nitrogens with zero attached hydrogens (tertiary/aromatic N) is 2. The summed E-state index contributed by atoms with van der Waals surface area (Å²) in [4.78, 5) is 0.385. The van der Waals surface area contributed by atoms with Crippen LogP contribution in [0.4, 0.5) is 5.82 Å². The Bertz CT molecular complexity index is 429. The number of aryl methyl sites for hydroxylation is 2. The zero-order valence-electron chi connectivity index (χ0n) is 12.2. The van der Waals surface area contributed by atoms with E-state index in [0.717, 1.165) is 43.1 Å². The molecule has 0 aliphatic heterocycles. The Morgan fingerprint density at radius 2 is 2.16 bits per heavy atom. The van der Waals surface area contributed by atoms with Crippen molar-refractivity contribution in [1.29, 1.82) is 0 Å². The number of ether oxygens (including phenoxy) is 1. The van der Waals surface area contributed by atoms with Gasteiger partial charge in [-0.2, -0.15) is 5.10 Å². The van der Waals surface area contributed by atoms with Crippen molar-refractivity contribution >= 4 is 23.0 Å². The molecule has 3 N–H and O–H groups in total. The van der Waals surface area contributed by atoms with Gasteiger partial charge >= 0.3 is 0 Å². The Balaban J connectivity index is 2.43. The summed E-state index contributed by atoms with van der Waals surface area (Å²) in [5.41, 5.74) is 7.44. The number of hydrogen-bond acceptors (Lipinski definition) is 4. The summed E-state index contributed by atoms with van der Waals surface area (Å²) in [6.45, 7) is 7.66. The molecule has 0 radical (unpaired) electrons. The number of rotatable bonds is 8. The standard InChI is InChI=1S/C13H24N4OS/c1-9(2)18-8-6-5-7-15-13-11(12(14)19)10(3)16-17(13)4/h9,15H,5-8H2,1-4H3,(H2,14,19). The predicted octanol–water partition coefficient (Wildman–Crippen LogP) is 1.98. The molecule has 1 aromatic rings. The van der Waals surface area contributed by atoms with E-state index in [-0.39, 0.29) is 0 Å². The number of aromatic nitrogens is 2. The van der Waals surface area contributed by atoms with Crippen molar-refractivity contribution in [3.05, 3.63) is 11.3 Å². The fraction of sp³-hybridized carbons (Fsp3) is 0.692. The van der Waals surface area contributed by atoms with Gasteiger partial charge in [-0.25, -0.2) is 0 Å². The van der Waals surface area contributed by atoms with E-state index < -0.39 is 0 Å². The third kappa shape index (κ3) is 4.80. The van der Waals surface area contributed by atoms with Crippen molar-refractivity contribution in [2.24, 2.45) is 12.8 Å². The molecular weight excluding hydrogens is 260 g/mol. The van der Waals surface area contributed by atoms with Crippen LogP contribution < -0.4 is 11.1 Å². The lowest BCUT2D eigenvalue weighted by Gasteiger charge is -2.10. The third-order valence-corrected chi connectivity index (χ3v) is 2.99. The predicted molar refractivity (Wildman–Crippen MR) is 82.6 cm³/mol. The van der Waals surface area contributed by atoms with Gasteiger partial charge in [0.15, 0.2) is 0 Å². The number of hydrogen-bond donors (Lipinski definition) is 2. The minimum atomic E-state index is 0.300. The normalized spacial score (nSPS) is 11.0. The summed E-state index contributed by atoms with van der Waals surface area (Å²) in [6, 6.07) is 0. The molecule has 0 atom stereocenters. The van der Waals surface area contributed by atoms with Crippen LogP contribution in [-0.4, -0.2) is 34.0 Å². The summed E-state index contributed by atoms with van der Waals surface area (Å²) in [5, 5.41) is 7.68. The van der Waals surface area contributed by atoms with E-state index in [4.69, 9.17) is 22.7 Å². The topological polar surface area (TPSA) is 65.1 Å². The average Bonchev–Trinajstić information content (AvgIpc) is 2.58. The fourth-order valence-electron chi connectivity index (χ4n) is 1.91. The lowest BCUT2D eigenvalue weighted by atomic mass is 10.2. The molecule has 1 rings (SSSR count). The van der Waals surface area contributed by atoms with E-state index in [2.05, 4.69) is 10.4 Å². The second-order valence-electron chi connectivity index (χ2n) is 4.85. The summed E-state index contributed by atoms with van der Waals surface area (Å²) in [5.74, 6) is 0.898. The maximum Gasteiger partial charge on any atom is 0.134 e. The Morgan fingerprint density at radius 1 is 1.47 bits per heavy atom. The highest BCUT2D eigenvalue weighted by Gasteiger charge is 2.14. The number of thiocarbonyl (C=S) groups is 1. The Morgan fingerprint density at radius 3 is 2.74 bits per heavy atom. The van der Waals surface area contributed by atoms with Crippen LogP contribution in [0.5, 0.6) is 0 Å².